The summed E-state index contributed by atoms with van der Waals surface area (Å²) in [5.74, 6) is -1.98. The number of imide groups is 1. The van der Waals surface area contributed by atoms with Crippen LogP contribution in [0.15, 0.2) is 42.5 Å². The van der Waals surface area contributed by atoms with Gasteiger partial charge in [-0.25, -0.2) is 9.69 Å². The van der Waals surface area contributed by atoms with Gasteiger partial charge in [-0.3, -0.25) is 14.4 Å². The third-order valence-corrected chi connectivity index (χ3v) is 5.83. The molecule has 0 radical (unpaired) electrons. The number of carbonyl (C=O) groups excluding carboxylic acids is 4. The number of hydrogen-bond acceptors (Lipinski definition) is 6. The number of halogens is 1. The van der Waals surface area contributed by atoms with Crippen LogP contribution in [0.2, 0.25) is 5.02 Å². The van der Waals surface area contributed by atoms with Gasteiger partial charge in [-0.15, -0.1) is 11.3 Å². The van der Waals surface area contributed by atoms with Crippen LogP contribution in [0.25, 0.3) is 10.1 Å². The zero-order chi connectivity index (χ0) is 22.7. The summed E-state index contributed by atoms with van der Waals surface area (Å²) in [7, 11) is 0. The molecule has 1 heterocycles. The van der Waals surface area contributed by atoms with Crippen LogP contribution in [0.5, 0.6) is 0 Å². The summed E-state index contributed by atoms with van der Waals surface area (Å²) in [6.45, 7) is 4.39. The second-order valence-corrected chi connectivity index (χ2v) is 7.97. The van der Waals surface area contributed by atoms with Gasteiger partial charge in [0.25, 0.3) is 5.91 Å². The number of nitrogens with zero attached hydrogens (tertiary/aromatic N) is 1. The van der Waals surface area contributed by atoms with Gasteiger partial charge in [-0.05, 0) is 37.3 Å². The number of rotatable bonds is 5. The predicted octanol–water partition coefficient (Wildman–Crippen LogP) is 4.88. The minimum absolute atomic E-state index is 0.150. The van der Waals surface area contributed by atoms with Crippen LogP contribution in [0, 0.1) is 0 Å². The Morgan fingerprint density at radius 3 is 2.26 bits per heavy atom. The monoisotopic (exact) mass is 458 g/mol. The molecule has 0 fully saturated rings. The summed E-state index contributed by atoms with van der Waals surface area (Å²) in [6.07, 6.45) is 0. The average molecular weight is 459 g/mol. The maximum absolute atomic E-state index is 12.8. The molecule has 0 atom stereocenters. The van der Waals surface area contributed by atoms with E-state index in [0.29, 0.717) is 26.4 Å². The molecule has 0 saturated carbocycles. The Labute approximate surface area is 187 Å². The number of hydrogen-bond donors (Lipinski definition) is 1. The summed E-state index contributed by atoms with van der Waals surface area (Å²) in [4.78, 5) is 50.8. The van der Waals surface area contributed by atoms with Crippen molar-refractivity contribution in [2.24, 2.45) is 0 Å². The van der Waals surface area contributed by atoms with Crippen LogP contribution < -0.4 is 10.2 Å². The van der Waals surface area contributed by atoms with Crippen molar-refractivity contribution in [1.29, 1.82) is 0 Å². The topological polar surface area (TPSA) is 92.8 Å². The van der Waals surface area contributed by atoms with Gasteiger partial charge >= 0.3 is 5.97 Å². The van der Waals surface area contributed by atoms with Crippen molar-refractivity contribution in [2.75, 3.05) is 16.8 Å². The fourth-order valence-electron chi connectivity index (χ4n) is 3.09. The number of thiophene rings is 1. The second kappa shape index (κ2) is 9.28. The zero-order valence-corrected chi connectivity index (χ0v) is 18.6. The van der Waals surface area contributed by atoms with Gasteiger partial charge in [0.2, 0.25) is 11.8 Å². The lowest BCUT2D eigenvalue weighted by Crippen LogP contribution is -2.33. The van der Waals surface area contributed by atoms with Crippen molar-refractivity contribution in [3.8, 4) is 0 Å². The number of amides is 3. The summed E-state index contributed by atoms with van der Waals surface area (Å²) in [5.41, 5.74) is 0.941. The Hall–Kier alpha value is -3.23. The quantitative estimate of drug-likeness (QED) is 0.550. The summed E-state index contributed by atoms with van der Waals surface area (Å²) < 4.78 is 5.65. The maximum Gasteiger partial charge on any atom is 0.350 e. The van der Waals surface area contributed by atoms with Gasteiger partial charge in [0, 0.05) is 29.8 Å². The molecule has 1 aromatic heterocycles. The van der Waals surface area contributed by atoms with E-state index in [9.17, 15) is 19.2 Å². The van der Waals surface area contributed by atoms with Crippen molar-refractivity contribution in [3.05, 3.63) is 57.9 Å². The van der Waals surface area contributed by atoms with Crippen LogP contribution in [0.1, 0.15) is 40.8 Å². The van der Waals surface area contributed by atoms with Crippen molar-refractivity contribution < 1.29 is 23.9 Å². The molecule has 1 N–H and O–H groups in total. The Balaban J connectivity index is 2.17. The molecule has 160 valence electrons. The van der Waals surface area contributed by atoms with E-state index in [2.05, 4.69) is 5.32 Å². The van der Waals surface area contributed by atoms with Crippen LogP contribution in [-0.2, 0) is 14.3 Å². The lowest BCUT2D eigenvalue weighted by atomic mass is 10.1. The molecule has 2 aromatic carbocycles. The number of benzene rings is 2. The molecule has 3 amide bonds. The third-order valence-electron chi connectivity index (χ3n) is 4.37. The lowest BCUT2D eigenvalue weighted by molar-refractivity contribution is -0.124. The maximum atomic E-state index is 12.8. The summed E-state index contributed by atoms with van der Waals surface area (Å²) >= 11 is 6.93. The molecule has 31 heavy (non-hydrogen) atoms. The third kappa shape index (κ3) is 4.60. The molecule has 3 aromatic rings. The first-order valence-electron chi connectivity index (χ1n) is 9.35. The minimum Gasteiger partial charge on any atom is -0.462 e. The molecule has 0 aliphatic heterocycles. The van der Waals surface area contributed by atoms with E-state index < -0.39 is 23.7 Å². The largest absolute Gasteiger partial charge is 0.462 e. The Bertz CT molecular complexity index is 1170. The lowest BCUT2D eigenvalue weighted by Gasteiger charge is -2.18. The Kier molecular flexibility index (Phi) is 6.72. The highest BCUT2D eigenvalue weighted by Crippen LogP contribution is 2.42. The molecule has 0 aliphatic carbocycles. The van der Waals surface area contributed by atoms with E-state index >= 15 is 0 Å². The molecule has 0 spiro atoms. The Morgan fingerprint density at radius 1 is 1.03 bits per heavy atom. The van der Waals surface area contributed by atoms with E-state index in [1.54, 1.807) is 49.4 Å². The van der Waals surface area contributed by atoms with Gasteiger partial charge < -0.3 is 10.1 Å². The number of ether oxygens (including phenoxy) is 1. The van der Waals surface area contributed by atoms with Gasteiger partial charge in [-0.1, -0.05) is 23.7 Å². The standard InChI is InChI=1S/C22H19ClN2O5S/c1-4-30-22(29)20-18(24-21(28)14-8-10-15(23)11-9-14)16-6-5-7-17(19(16)31-20)25(12(2)26)13(3)27/h5-11H,4H2,1-3H3,(H,24,28). The van der Waals surface area contributed by atoms with E-state index in [1.807, 2.05) is 0 Å². The van der Waals surface area contributed by atoms with Crippen LogP contribution in [0.4, 0.5) is 11.4 Å². The normalized spacial score (nSPS) is 10.6. The first-order valence-corrected chi connectivity index (χ1v) is 10.5. The van der Waals surface area contributed by atoms with Crippen molar-refractivity contribution in [2.45, 2.75) is 20.8 Å². The predicted molar refractivity (Wildman–Crippen MR) is 121 cm³/mol. The molecule has 0 saturated heterocycles. The SMILES string of the molecule is CCOC(=O)c1sc2c(N(C(C)=O)C(C)=O)cccc2c1NC(=O)c1ccc(Cl)cc1. The molecular formula is C22H19ClN2O5S. The van der Waals surface area contributed by atoms with E-state index in [-0.39, 0.29) is 17.2 Å². The molecular weight excluding hydrogens is 440 g/mol. The smallest absolute Gasteiger partial charge is 0.350 e. The number of fused-ring (bicyclic) bond motifs is 1. The van der Waals surface area contributed by atoms with Gasteiger partial charge in [0.05, 0.1) is 22.7 Å². The fourth-order valence-corrected chi connectivity index (χ4v) is 4.37. The van der Waals surface area contributed by atoms with Crippen LogP contribution in [-0.4, -0.2) is 30.3 Å². The fraction of sp³-hybridized carbons (Fsp3) is 0.182. The summed E-state index contributed by atoms with van der Waals surface area (Å²) in [6, 6.07) is 11.3. The zero-order valence-electron chi connectivity index (χ0n) is 17.0. The highest BCUT2D eigenvalue weighted by Gasteiger charge is 2.26. The second-order valence-electron chi connectivity index (χ2n) is 6.51. The highest BCUT2D eigenvalue weighted by atomic mass is 35.5. The minimum atomic E-state index is -0.613. The van der Waals surface area contributed by atoms with Gasteiger partial charge in [0.15, 0.2) is 0 Å². The Morgan fingerprint density at radius 2 is 1.68 bits per heavy atom. The van der Waals surface area contributed by atoms with Crippen LogP contribution in [0.3, 0.4) is 0 Å². The van der Waals surface area contributed by atoms with Gasteiger partial charge in [-0.2, -0.15) is 0 Å². The van der Waals surface area contributed by atoms with Gasteiger partial charge in [0.1, 0.15) is 4.88 Å². The molecule has 9 heteroatoms. The van der Waals surface area contributed by atoms with Crippen molar-refractivity contribution in [3.63, 3.8) is 0 Å². The summed E-state index contributed by atoms with van der Waals surface area (Å²) in [5, 5.41) is 3.78. The average Bonchev–Trinajstić information content (AvgIpc) is 3.07. The molecule has 7 nitrogen and oxygen atoms in total. The number of esters is 1. The number of anilines is 2. The van der Waals surface area contributed by atoms with E-state index in [1.165, 1.54) is 13.8 Å². The number of nitrogens with one attached hydrogen (secondary N) is 1. The molecule has 0 bridgehead atoms. The van der Waals surface area contributed by atoms with Crippen LogP contribution >= 0.6 is 22.9 Å². The molecule has 0 unspecified atom stereocenters. The molecule has 3 rings (SSSR count). The number of carbonyl (C=O) groups is 4. The highest BCUT2D eigenvalue weighted by molar-refractivity contribution is 7.22. The van der Waals surface area contributed by atoms with E-state index in [4.69, 9.17) is 16.3 Å². The molecule has 0 aliphatic rings. The first-order chi connectivity index (χ1) is 14.7. The van der Waals surface area contributed by atoms with Crippen molar-refractivity contribution in [1.82, 2.24) is 0 Å². The first kappa shape index (κ1) is 22.5. The van der Waals surface area contributed by atoms with Crippen molar-refractivity contribution >= 4 is 68.1 Å². The van der Waals surface area contributed by atoms with E-state index in [0.717, 1.165) is 16.2 Å².